The zero-order valence-electron chi connectivity index (χ0n) is 10.6. The van der Waals surface area contributed by atoms with Gasteiger partial charge in [0.15, 0.2) is 5.82 Å². The molecular weight excluding hydrogens is 308 g/mol. The van der Waals surface area contributed by atoms with Gasteiger partial charge in [-0.25, -0.2) is 14.4 Å². The molecule has 0 bridgehead atoms. The Morgan fingerprint density at radius 1 is 1.38 bits per heavy atom. The number of nitrogens with zero attached hydrogens (tertiary/aromatic N) is 3. The van der Waals surface area contributed by atoms with Crippen LogP contribution >= 0.6 is 11.6 Å². The van der Waals surface area contributed by atoms with Gasteiger partial charge in [0.1, 0.15) is 11.0 Å². The van der Waals surface area contributed by atoms with Gasteiger partial charge < -0.3 is 4.74 Å². The van der Waals surface area contributed by atoms with Crippen molar-refractivity contribution in [3.8, 4) is 11.4 Å². The van der Waals surface area contributed by atoms with Crippen LogP contribution in [0, 0.1) is 21.7 Å². The monoisotopic (exact) mass is 315 g/mol. The Hall–Kier alpha value is -2.19. The van der Waals surface area contributed by atoms with E-state index in [0.717, 1.165) is 12.1 Å². The molecule has 0 saturated heterocycles. The predicted molar refractivity (Wildman–Crippen MR) is 69.8 cm³/mol. The molecule has 110 valence electrons. The fraction of sp³-hybridized carbons (Fsp3) is 0.167. The van der Waals surface area contributed by atoms with Gasteiger partial charge in [0.05, 0.1) is 22.8 Å². The maximum Gasteiger partial charge on any atom is 0.305 e. The summed E-state index contributed by atoms with van der Waals surface area (Å²) in [6, 6.07) is 2.87. The maximum atomic E-state index is 14.1. The molecule has 1 aromatic heterocycles. The van der Waals surface area contributed by atoms with Crippen LogP contribution in [0.25, 0.3) is 11.4 Å². The number of benzene rings is 1. The van der Waals surface area contributed by atoms with Crippen LogP contribution in [0.1, 0.15) is 5.69 Å². The van der Waals surface area contributed by atoms with Gasteiger partial charge in [0, 0.05) is 13.2 Å². The first-order chi connectivity index (χ1) is 9.93. The van der Waals surface area contributed by atoms with Gasteiger partial charge in [0.25, 0.3) is 0 Å². The van der Waals surface area contributed by atoms with Crippen molar-refractivity contribution in [2.24, 2.45) is 0 Å². The van der Waals surface area contributed by atoms with Crippen molar-refractivity contribution < 1.29 is 18.4 Å². The molecular formula is C12H8ClF2N3O3. The summed E-state index contributed by atoms with van der Waals surface area (Å²) in [6.45, 7) is 0.0490. The van der Waals surface area contributed by atoms with E-state index in [9.17, 15) is 18.9 Å². The van der Waals surface area contributed by atoms with E-state index < -0.39 is 27.8 Å². The molecule has 0 aliphatic rings. The SMILES string of the molecule is COCc1cc(Cl)nc(-c2c(F)ccc([N+](=O)[O-])c2F)n1. The third-order valence-electron chi connectivity index (χ3n) is 2.53. The number of rotatable bonds is 4. The van der Waals surface area contributed by atoms with E-state index in [1.807, 2.05) is 0 Å². The van der Waals surface area contributed by atoms with Crippen molar-refractivity contribution in [2.75, 3.05) is 7.11 Å². The minimum atomic E-state index is -1.36. The average Bonchev–Trinajstić information content (AvgIpc) is 2.38. The minimum Gasteiger partial charge on any atom is -0.378 e. The Morgan fingerprint density at radius 3 is 2.71 bits per heavy atom. The quantitative estimate of drug-likeness (QED) is 0.492. The molecule has 2 rings (SSSR count). The van der Waals surface area contributed by atoms with Crippen LogP contribution in [0.15, 0.2) is 18.2 Å². The van der Waals surface area contributed by atoms with Crippen molar-refractivity contribution in [3.63, 3.8) is 0 Å². The van der Waals surface area contributed by atoms with Crippen molar-refractivity contribution in [3.05, 3.63) is 50.8 Å². The highest BCUT2D eigenvalue weighted by Gasteiger charge is 2.24. The fourth-order valence-electron chi connectivity index (χ4n) is 1.69. The lowest BCUT2D eigenvalue weighted by Crippen LogP contribution is -2.03. The highest BCUT2D eigenvalue weighted by Crippen LogP contribution is 2.30. The van der Waals surface area contributed by atoms with Crippen LogP contribution < -0.4 is 0 Å². The molecule has 6 nitrogen and oxygen atoms in total. The molecule has 0 radical (unpaired) electrons. The number of hydrogen-bond donors (Lipinski definition) is 0. The summed E-state index contributed by atoms with van der Waals surface area (Å²) >= 11 is 5.76. The molecule has 0 saturated carbocycles. The van der Waals surface area contributed by atoms with Crippen LogP contribution in [0.4, 0.5) is 14.5 Å². The Balaban J connectivity index is 2.66. The lowest BCUT2D eigenvalue weighted by atomic mass is 10.1. The van der Waals surface area contributed by atoms with E-state index in [-0.39, 0.29) is 23.3 Å². The van der Waals surface area contributed by atoms with Crippen LogP contribution in [0.3, 0.4) is 0 Å². The predicted octanol–water partition coefficient (Wildman–Crippen LogP) is 3.13. The molecule has 1 heterocycles. The summed E-state index contributed by atoms with van der Waals surface area (Å²) < 4.78 is 32.7. The number of nitro benzene ring substituents is 1. The van der Waals surface area contributed by atoms with Crippen LogP contribution in [0.5, 0.6) is 0 Å². The molecule has 0 spiro atoms. The Morgan fingerprint density at radius 2 is 2.10 bits per heavy atom. The molecule has 0 atom stereocenters. The lowest BCUT2D eigenvalue weighted by molar-refractivity contribution is -0.387. The highest BCUT2D eigenvalue weighted by molar-refractivity contribution is 6.29. The average molecular weight is 316 g/mol. The van der Waals surface area contributed by atoms with Crippen molar-refractivity contribution in [1.82, 2.24) is 9.97 Å². The van der Waals surface area contributed by atoms with Crippen molar-refractivity contribution in [2.45, 2.75) is 6.61 Å². The van der Waals surface area contributed by atoms with E-state index >= 15 is 0 Å². The topological polar surface area (TPSA) is 78.2 Å². The number of aromatic nitrogens is 2. The Bertz CT molecular complexity index is 712. The third kappa shape index (κ3) is 3.11. The molecule has 0 amide bonds. The first-order valence-corrected chi connectivity index (χ1v) is 5.97. The molecule has 0 N–H and O–H groups in total. The molecule has 0 aliphatic carbocycles. The summed E-state index contributed by atoms with van der Waals surface area (Å²) in [5, 5.41) is 10.7. The molecule has 0 aliphatic heterocycles. The summed E-state index contributed by atoms with van der Waals surface area (Å²) in [5.74, 6) is -2.76. The van der Waals surface area contributed by atoms with Gasteiger partial charge in [-0.2, -0.15) is 4.39 Å². The van der Waals surface area contributed by atoms with Crippen LogP contribution in [-0.4, -0.2) is 22.0 Å². The number of halogens is 3. The second-order valence-electron chi connectivity index (χ2n) is 3.95. The van der Waals surface area contributed by atoms with E-state index in [0.29, 0.717) is 0 Å². The van der Waals surface area contributed by atoms with Crippen LogP contribution in [-0.2, 0) is 11.3 Å². The summed E-state index contributed by atoms with van der Waals surface area (Å²) in [4.78, 5) is 17.3. The van der Waals surface area contributed by atoms with Gasteiger partial charge in [-0.15, -0.1) is 0 Å². The van der Waals surface area contributed by atoms with Crippen molar-refractivity contribution >= 4 is 17.3 Å². The number of ether oxygens (including phenoxy) is 1. The lowest BCUT2D eigenvalue weighted by Gasteiger charge is -2.07. The van der Waals surface area contributed by atoms with Crippen LogP contribution in [0.2, 0.25) is 5.15 Å². The van der Waals surface area contributed by atoms with Gasteiger partial charge >= 0.3 is 5.69 Å². The number of hydrogen-bond acceptors (Lipinski definition) is 5. The first-order valence-electron chi connectivity index (χ1n) is 5.59. The summed E-state index contributed by atoms with van der Waals surface area (Å²) in [5.41, 5.74) is -1.29. The first kappa shape index (κ1) is 15.2. The zero-order valence-corrected chi connectivity index (χ0v) is 11.4. The Labute approximate surface area is 122 Å². The second-order valence-corrected chi connectivity index (χ2v) is 4.34. The fourth-order valence-corrected chi connectivity index (χ4v) is 1.89. The number of methoxy groups -OCH3 is 1. The van der Waals surface area contributed by atoms with Gasteiger partial charge in [-0.1, -0.05) is 11.6 Å². The molecule has 1 aromatic carbocycles. The second kappa shape index (κ2) is 6.06. The maximum absolute atomic E-state index is 14.1. The molecule has 9 heteroatoms. The third-order valence-corrected chi connectivity index (χ3v) is 2.72. The van der Waals surface area contributed by atoms with E-state index in [1.54, 1.807) is 0 Å². The molecule has 2 aromatic rings. The smallest absolute Gasteiger partial charge is 0.305 e. The molecule has 21 heavy (non-hydrogen) atoms. The molecule has 0 fully saturated rings. The summed E-state index contributed by atoms with van der Waals surface area (Å²) in [7, 11) is 1.41. The van der Waals surface area contributed by atoms with Gasteiger partial charge in [-0.05, 0) is 12.1 Å². The van der Waals surface area contributed by atoms with E-state index in [4.69, 9.17) is 16.3 Å². The summed E-state index contributed by atoms with van der Waals surface area (Å²) in [6.07, 6.45) is 0. The zero-order chi connectivity index (χ0) is 15.6. The minimum absolute atomic E-state index is 0.0490. The highest BCUT2D eigenvalue weighted by atomic mass is 35.5. The number of nitro groups is 1. The standard InChI is InChI=1S/C12H8ClF2N3O3/c1-21-5-6-4-9(13)17-12(16-6)10-7(14)2-3-8(11(10)15)18(19)20/h2-4H,5H2,1H3. The van der Waals surface area contributed by atoms with Gasteiger partial charge in [0.2, 0.25) is 5.82 Å². The van der Waals surface area contributed by atoms with E-state index in [2.05, 4.69) is 9.97 Å². The Kier molecular flexibility index (Phi) is 4.39. The largest absolute Gasteiger partial charge is 0.378 e. The van der Waals surface area contributed by atoms with Crippen molar-refractivity contribution in [1.29, 1.82) is 0 Å². The van der Waals surface area contributed by atoms with E-state index in [1.165, 1.54) is 13.2 Å². The normalized spacial score (nSPS) is 10.7. The van der Waals surface area contributed by atoms with Gasteiger partial charge in [-0.3, -0.25) is 10.1 Å². The molecule has 0 unspecified atom stereocenters.